The molecule has 1 nitrogen and oxygen atoms in total. The summed E-state index contributed by atoms with van der Waals surface area (Å²) in [4.78, 5) is 0. The third-order valence-electron chi connectivity index (χ3n) is 1.90. The van der Waals surface area contributed by atoms with Gasteiger partial charge in [0, 0.05) is 11.1 Å². The lowest BCUT2D eigenvalue weighted by atomic mass is 10.1. The average Bonchev–Trinajstić information content (AvgIpc) is 2.09. The van der Waals surface area contributed by atoms with E-state index in [4.69, 9.17) is 5.11 Å². The lowest BCUT2D eigenvalue weighted by molar-refractivity contribution is 0.288. The van der Waals surface area contributed by atoms with Crippen LogP contribution in [0.1, 0.15) is 17.5 Å². The zero-order chi connectivity index (χ0) is 9.84. The normalized spacial score (nSPS) is 10.5. The van der Waals surface area contributed by atoms with Crippen LogP contribution in [-0.2, 0) is 6.42 Å². The molecule has 0 atom stereocenters. The summed E-state index contributed by atoms with van der Waals surface area (Å²) in [6, 6.07) is 3.51. The van der Waals surface area contributed by atoms with Gasteiger partial charge in [0.2, 0.25) is 0 Å². The summed E-state index contributed by atoms with van der Waals surface area (Å²) in [5, 5.41) is 8.62. The molecular weight excluding hydrogens is 235 g/mol. The maximum atomic E-state index is 13.4. The molecule has 0 fully saturated rings. The first-order valence-electron chi connectivity index (χ1n) is 4.20. The van der Waals surface area contributed by atoms with Crippen molar-refractivity contribution in [1.82, 2.24) is 0 Å². The quantitative estimate of drug-likeness (QED) is 0.870. The van der Waals surface area contributed by atoms with Gasteiger partial charge in [-0.2, -0.15) is 0 Å². The first-order valence-corrected chi connectivity index (χ1v) is 5.00. The van der Waals surface area contributed by atoms with Gasteiger partial charge in [0.1, 0.15) is 5.82 Å². The van der Waals surface area contributed by atoms with Crippen LogP contribution < -0.4 is 0 Å². The number of aryl methyl sites for hydroxylation is 2. The number of benzene rings is 1. The van der Waals surface area contributed by atoms with Crippen LogP contribution in [0.25, 0.3) is 0 Å². The Bertz CT molecular complexity index is 299. The van der Waals surface area contributed by atoms with E-state index in [0.29, 0.717) is 24.0 Å². The molecular formula is C10H12BrFO. The van der Waals surface area contributed by atoms with Crippen LogP contribution in [0.2, 0.25) is 0 Å². The highest BCUT2D eigenvalue weighted by molar-refractivity contribution is 9.10. The molecule has 1 aromatic carbocycles. The Labute approximate surface area is 85.7 Å². The van der Waals surface area contributed by atoms with E-state index in [1.54, 1.807) is 19.1 Å². The smallest absolute Gasteiger partial charge is 0.129 e. The van der Waals surface area contributed by atoms with E-state index in [1.165, 1.54) is 0 Å². The standard InChI is InChI=1S/C10H12BrFO/c1-7-5-9(11)6-8(10(7)12)3-2-4-13/h5-6,13H,2-4H2,1H3. The molecule has 1 aromatic rings. The lowest BCUT2D eigenvalue weighted by Crippen LogP contribution is -1.96. The molecule has 0 unspecified atom stereocenters. The molecule has 0 saturated carbocycles. The monoisotopic (exact) mass is 246 g/mol. The van der Waals surface area contributed by atoms with Crippen LogP contribution in [0.3, 0.4) is 0 Å². The fraction of sp³-hybridized carbons (Fsp3) is 0.400. The first kappa shape index (κ1) is 10.7. The molecule has 1 rings (SSSR count). The van der Waals surface area contributed by atoms with Crippen molar-refractivity contribution in [3.8, 4) is 0 Å². The predicted octanol–water partition coefficient (Wildman–Crippen LogP) is 2.82. The van der Waals surface area contributed by atoms with Crippen molar-refractivity contribution in [2.45, 2.75) is 19.8 Å². The van der Waals surface area contributed by atoms with Crippen molar-refractivity contribution >= 4 is 15.9 Å². The maximum absolute atomic E-state index is 13.4. The van der Waals surface area contributed by atoms with Gasteiger partial charge in [-0.3, -0.25) is 0 Å². The molecule has 0 spiro atoms. The van der Waals surface area contributed by atoms with Gasteiger partial charge < -0.3 is 5.11 Å². The largest absolute Gasteiger partial charge is 0.396 e. The third kappa shape index (κ3) is 2.78. The van der Waals surface area contributed by atoms with Crippen LogP contribution >= 0.6 is 15.9 Å². The van der Waals surface area contributed by atoms with Crippen LogP contribution in [0.15, 0.2) is 16.6 Å². The van der Waals surface area contributed by atoms with Gasteiger partial charge in [-0.25, -0.2) is 4.39 Å². The molecule has 0 radical (unpaired) electrons. The first-order chi connectivity index (χ1) is 6.15. The molecule has 3 heteroatoms. The Balaban J connectivity index is 2.92. The summed E-state index contributed by atoms with van der Waals surface area (Å²) in [7, 11) is 0. The maximum Gasteiger partial charge on any atom is 0.129 e. The number of aliphatic hydroxyl groups is 1. The lowest BCUT2D eigenvalue weighted by Gasteiger charge is -2.05. The second-order valence-electron chi connectivity index (χ2n) is 3.02. The van der Waals surface area contributed by atoms with Crippen molar-refractivity contribution in [3.05, 3.63) is 33.5 Å². The highest BCUT2D eigenvalue weighted by Crippen LogP contribution is 2.20. The van der Waals surface area contributed by atoms with Crippen LogP contribution in [-0.4, -0.2) is 11.7 Å². The van der Waals surface area contributed by atoms with Gasteiger partial charge in [-0.05, 0) is 43.0 Å². The fourth-order valence-corrected chi connectivity index (χ4v) is 1.87. The molecule has 0 amide bonds. The number of hydrogen-bond acceptors (Lipinski definition) is 1. The molecule has 0 aliphatic carbocycles. The minimum Gasteiger partial charge on any atom is -0.396 e. The van der Waals surface area contributed by atoms with Crippen molar-refractivity contribution in [2.24, 2.45) is 0 Å². The fourth-order valence-electron chi connectivity index (χ4n) is 1.25. The molecule has 0 saturated heterocycles. The highest BCUT2D eigenvalue weighted by atomic mass is 79.9. The summed E-state index contributed by atoms with van der Waals surface area (Å²) in [5.41, 5.74) is 1.31. The Morgan fingerprint density at radius 3 is 2.77 bits per heavy atom. The van der Waals surface area contributed by atoms with E-state index in [2.05, 4.69) is 15.9 Å². The minimum absolute atomic E-state index is 0.102. The van der Waals surface area contributed by atoms with Crippen molar-refractivity contribution < 1.29 is 9.50 Å². The molecule has 0 aliphatic rings. The number of aliphatic hydroxyl groups excluding tert-OH is 1. The van der Waals surface area contributed by atoms with E-state index >= 15 is 0 Å². The van der Waals surface area contributed by atoms with E-state index in [1.807, 2.05) is 0 Å². The molecule has 72 valence electrons. The number of halogens is 2. The van der Waals surface area contributed by atoms with Gasteiger partial charge in [0.05, 0.1) is 0 Å². The second-order valence-corrected chi connectivity index (χ2v) is 3.94. The van der Waals surface area contributed by atoms with Crippen molar-refractivity contribution in [1.29, 1.82) is 0 Å². The van der Waals surface area contributed by atoms with Crippen LogP contribution in [0, 0.1) is 12.7 Å². The Morgan fingerprint density at radius 2 is 2.15 bits per heavy atom. The van der Waals surface area contributed by atoms with Gasteiger partial charge in [-0.1, -0.05) is 15.9 Å². The third-order valence-corrected chi connectivity index (χ3v) is 2.36. The van der Waals surface area contributed by atoms with Gasteiger partial charge >= 0.3 is 0 Å². The van der Waals surface area contributed by atoms with Crippen LogP contribution in [0.5, 0.6) is 0 Å². The molecule has 0 bridgehead atoms. The van der Waals surface area contributed by atoms with E-state index in [9.17, 15) is 4.39 Å². The summed E-state index contributed by atoms with van der Waals surface area (Å²) in [5.74, 6) is -0.156. The Kier molecular flexibility index (Phi) is 3.88. The Morgan fingerprint density at radius 1 is 1.46 bits per heavy atom. The van der Waals surface area contributed by atoms with Crippen molar-refractivity contribution in [3.63, 3.8) is 0 Å². The van der Waals surface area contributed by atoms with Crippen LogP contribution in [0.4, 0.5) is 4.39 Å². The summed E-state index contributed by atoms with van der Waals surface area (Å²) < 4.78 is 14.3. The van der Waals surface area contributed by atoms with Gasteiger partial charge in [0.25, 0.3) is 0 Å². The summed E-state index contributed by atoms with van der Waals surface area (Å²) >= 11 is 3.31. The minimum atomic E-state index is -0.156. The average molecular weight is 247 g/mol. The molecule has 0 aromatic heterocycles. The molecule has 0 heterocycles. The topological polar surface area (TPSA) is 20.2 Å². The van der Waals surface area contributed by atoms with E-state index in [-0.39, 0.29) is 12.4 Å². The second kappa shape index (κ2) is 4.72. The summed E-state index contributed by atoms with van der Waals surface area (Å²) in [6.45, 7) is 1.84. The zero-order valence-corrected chi connectivity index (χ0v) is 9.07. The predicted molar refractivity (Wildman–Crippen MR) is 54.2 cm³/mol. The van der Waals surface area contributed by atoms with E-state index in [0.717, 1.165) is 4.47 Å². The number of rotatable bonds is 3. The molecule has 0 aliphatic heterocycles. The number of hydrogen-bond donors (Lipinski definition) is 1. The van der Waals surface area contributed by atoms with E-state index < -0.39 is 0 Å². The zero-order valence-electron chi connectivity index (χ0n) is 7.48. The molecule has 1 N–H and O–H groups in total. The van der Waals surface area contributed by atoms with Gasteiger partial charge in [0.15, 0.2) is 0 Å². The summed E-state index contributed by atoms with van der Waals surface area (Å²) in [6.07, 6.45) is 1.19. The van der Waals surface area contributed by atoms with Gasteiger partial charge in [-0.15, -0.1) is 0 Å². The SMILES string of the molecule is Cc1cc(Br)cc(CCCO)c1F. The highest BCUT2D eigenvalue weighted by Gasteiger charge is 2.06. The molecule has 13 heavy (non-hydrogen) atoms. The Hall–Kier alpha value is -0.410. The van der Waals surface area contributed by atoms with Crippen molar-refractivity contribution in [2.75, 3.05) is 6.61 Å².